The Kier molecular flexibility index (Phi) is 2.11. The summed E-state index contributed by atoms with van der Waals surface area (Å²) in [6.07, 6.45) is 2.66. The highest BCUT2D eigenvalue weighted by molar-refractivity contribution is 4.88. The van der Waals surface area contributed by atoms with Crippen molar-refractivity contribution in [3.8, 4) is 0 Å². The predicted molar refractivity (Wildman–Crippen MR) is 41.6 cm³/mol. The summed E-state index contributed by atoms with van der Waals surface area (Å²) in [5, 5.41) is 3.51. The summed E-state index contributed by atoms with van der Waals surface area (Å²) < 4.78 is 10.7. The van der Waals surface area contributed by atoms with E-state index >= 15 is 0 Å². The number of piperidine rings is 1. The third-order valence-corrected chi connectivity index (χ3v) is 2.54. The lowest BCUT2D eigenvalue weighted by Gasteiger charge is -2.39. The monoisotopic (exact) mass is 157 g/mol. The first-order chi connectivity index (χ1) is 5.38. The molecule has 0 aromatic carbocycles. The van der Waals surface area contributed by atoms with Gasteiger partial charge >= 0.3 is 0 Å². The maximum Gasteiger partial charge on any atom is 0.0621 e. The van der Waals surface area contributed by atoms with E-state index in [0.717, 1.165) is 26.1 Å². The fourth-order valence-corrected chi connectivity index (χ4v) is 1.98. The molecule has 2 bridgehead atoms. The van der Waals surface area contributed by atoms with Crippen LogP contribution in [0.2, 0.25) is 0 Å². The molecular formula is C8H15NO2. The second-order valence-corrected chi connectivity index (χ2v) is 3.43. The van der Waals surface area contributed by atoms with Gasteiger partial charge in [0.15, 0.2) is 0 Å². The van der Waals surface area contributed by atoms with Crippen LogP contribution in [0, 0.1) is 0 Å². The Hall–Kier alpha value is -0.120. The van der Waals surface area contributed by atoms with Crippen LogP contribution in [0.3, 0.4) is 0 Å². The minimum atomic E-state index is 0.454. The van der Waals surface area contributed by atoms with Gasteiger partial charge in [-0.15, -0.1) is 0 Å². The quantitative estimate of drug-likeness (QED) is 0.588. The number of rotatable bonds is 1. The van der Waals surface area contributed by atoms with Crippen molar-refractivity contribution in [3.63, 3.8) is 0 Å². The van der Waals surface area contributed by atoms with Gasteiger partial charge in [-0.3, -0.25) is 0 Å². The number of hydrogen-bond donors (Lipinski definition) is 1. The van der Waals surface area contributed by atoms with Crippen LogP contribution >= 0.6 is 0 Å². The zero-order valence-corrected chi connectivity index (χ0v) is 6.88. The van der Waals surface area contributed by atoms with E-state index < -0.39 is 0 Å². The summed E-state index contributed by atoms with van der Waals surface area (Å²) in [4.78, 5) is 0. The third kappa shape index (κ3) is 1.55. The van der Waals surface area contributed by atoms with E-state index in [1.54, 1.807) is 7.11 Å². The molecule has 0 aliphatic carbocycles. The molecule has 2 unspecified atom stereocenters. The summed E-state index contributed by atoms with van der Waals surface area (Å²) in [6.45, 7) is 1.72. The van der Waals surface area contributed by atoms with Gasteiger partial charge in [0, 0.05) is 19.2 Å². The first-order valence-electron chi connectivity index (χ1n) is 4.25. The Morgan fingerprint density at radius 2 is 1.91 bits per heavy atom. The lowest BCUT2D eigenvalue weighted by Crippen LogP contribution is -2.55. The smallest absolute Gasteiger partial charge is 0.0621 e. The second kappa shape index (κ2) is 3.09. The minimum absolute atomic E-state index is 0.454. The molecule has 64 valence electrons. The lowest BCUT2D eigenvalue weighted by atomic mass is 9.95. The summed E-state index contributed by atoms with van der Waals surface area (Å²) in [5.74, 6) is 0. The molecule has 11 heavy (non-hydrogen) atoms. The molecule has 3 nitrogen and oxygen atoms in total. The summed E-state index contributed by atoms with van der Waals surface area (Å²) in [5.41, 5.74) is 0. The molecule has 2 heterocycles. The minimum Gasteiger partial charge on any atom is -0.381 e. The molecule has 0 aromatic rings. The number of fused-ring (bicyclic) bond motifs is 2. The van der Waals surface area contributed by atoms with Gasteiger partial charge in [-0.2, -0.15) is 0 Å². The van der Waals surface area contributed by atoms with Gasteiger partial charge in [0.2, 0.25) is 0 Å². The van der Waals surface area contributed by atoms with Crippen molar-refractivity contribution in [1.29, 1.82) is 0 Å². The van der Waals surface area contributed by atoms with Crippen molar-refractivity contribution in [1.82, 2.24) is 5.32 Å². The largest absolute Gasteiger partial charge is 0.381 e. The van der Waals surface area contributed by atoms with E-state index in [-0.39, 0.29) is 0 Å². The Morgan fingerprint density at radius 1 is 1.27 bits per heavy atom. The molecule has 2 fully saturated rings. The highest BCUT2D eigenvalue weighted by atomic mass is 16.5. The molecule has 2 aliphatic heterocycles. The topological polar surface area (TPSA) is 30.5 Å². The number of morpholine rings is 1. The number of hydrogen-bond acceptors (Lipinski definition) is 3. The first-order valence-corrected chi connectivity index (χ1v) is 4.25. The van der Waals surface area contributed by atoms with Crippen LogP contribution in [0.4, 0.5) is 0 Å². The first kappa shape index (κ1) is 7.53. The van der Waals surface area contributed by atoms with Gasteiger partial charge in [-0.1, -0.05) is 0 Å². The van der Waals surface area contributed by atoms with Crippen molar-refractivity contribution in [2.24, 2.45) is 0 Å². The molecule has 0 spiro atoms. The standard InChI is InChI=1S/C8H15NO2/c1-10-8-2-6-4-11-5-7(3-8)9-6/h6-9H,2-5H2,1H3. The average molecular weight is 157 g/mol. The Labute approximate surface area is 67.1 Å². The van der Waals surface area contributed by atoms with Gasteiger partial charge in [0.25, 0.3) is 0 Å². The Bertz CT molecular complexity index is 128. The maximum atomic E-state index is 5.41. The third-order valence-electron chi connectivity index (χ3n) is 2.54. The van der Waals surface area contributed by atoms with Crippen LogP contribution in [0.15, 0.2) is 0 Å². The lowest BCUT2D eigenvalue weighted by molar-refractivity contribution is -0.0338. The second-order valence-electron chi connectivity index (χ2n) is 3.43. The number of nitrogens with one attached hydrogen (secondary N) is 1. The summed E-state index contributed by atoms with van der Waals surface area (Å²) in [6, 6.07) is 1.07. The Balaban J connectivity index is 1.94. The van der Waals surface area contributed by atoms with Crippen molar-refractivity contribution in [3.05, 3.63) is 0 Å². The van der Waals surface area contributed by atoms with Gasteiger partial charge in [-0.05, 0) is 12.8 Å². The highest BCUT2D eigenvalue weighted by Gasteiger charge is 2.31. The molecular weight excluding hydrogens is 142 g/mol. The summed E-state index contributed by atoms with van der Waals surface area (Å²) >= 11 is 0. The molecule has 2 aliphatic rings. The van der Waals surface area contributed by atoms with Crippen molar-refractivity contribution in [2.45, 2.75) is 31.0 Å². The molecule has 0 amide bonds. The van der Waals surface area contributed by atoms with E-state index in [9.17, 15) is 0 Å². The zero-order chi connectivity index (χ0) is 7.68. The van der Waals surface area contributed by atoms with Crippen molar-refractivity contribution in [2.75, 3.05) is 20.3 Å². The summed E-state index contributed by atoms with van der Waals surface area (Å²) in [7, 11) is 1.80. The fraction of sp³-hybridized carbons (Fsp3) is 1.00. The molecule has 2 atom stereocenters. The van der Waals surface area contributed by atoms with E-state index in [2.05, 4.69) is 5.32 Å². The van der Waals surface area contributed by atoms with Crippen LogP contribution in [0.25, 0.3) is 0 Å². The van der Waals surface area contributed by atoms with E-state index in [1.807, 2.05) is 0 Å². The molecule has 0 aromatic heterocycles. The molecule has 2 saturated heterocycles. The number of methoxy groups -OCH3 is 1. The van der Waals surface area contributed by atoms with E-state index in [4.69, 9.17) is 9.47 Å². The zero-order valence-electron chi connectivity index (χ0n) is 6.88. The van der Waals surface area contributed by atoms with Crippen molar-refractivity contribution >= 4 is 0 Å². The Morgan fingerprint density at radius 3 is 2.45 bits per heavy atom. The van der Waals surface area contributed by atoms with Gasteiger partial charge in [-0.25, -0.2) is 0 Å². The molecule has 3 heteroatoms. The van der Waals surface area contributed by atoms with Crippen LogP contribution in [0.1, 0.15) is 12.8 Å². The highest BCUT2D eigenvalue weighted by Crippen LogP contribution is 2.19. The molecule has 2 rings (SSSR count). The maximum absolute atomic E-state index is 5.41. The van der Waals surface area contributed by atoms with Gasteiger partial charge in [0.05, 0.1) is 19.3 Å². The normalized spacial score (nSPS) is 43.9. The van der Waals surface area contributed by atoms with E-state index in [0.29, 0.717) is 18.2 Å². The van der Waals surface area contributed by atoms with E-state index in [1.165, 1.54) is 0 Å². The fourth-order valence-electron chi connectivity index (χ4n) is 1.98. The molecule has 0 saturated carbocycles. The number of ether oxygens (including phenoxy) is 2. The molecule has 0 radical (unpaired) electrons. The van der Waals surface area contributed by atoms with Crippen LogP contribution in [-0.4, -0.2) is 38.5 Å². The van der Waals surface area contributed by atoms with Crippen LogP contribution < -0.4 is 5.32 Å². The van der Waals surface area contributed by atoms with Gasteiger partial charge in [0.1, 0.15) is 0 Å². The molecule has 1 N–H and O–H groups in total. The van der Waals surface area contributed by atoms with Crippen LogP contribution in [0.5, 0.6) is 0 Å². The SMILES string of the molecule is COC1CC2COCC(C1)N2. The average Bonchev–Trinajstić information content (AvgIpc) is 2.03. The van der Waals surface area contributed by atoms with Gasteiger partial charge < -0.3 is 14.8 Å². The van der Waals surface area contributed by atoms with Crippen molar-refractivity contribution < 1.29 is 9.47 Å². The predicted octanol–water partition coefficient (Wildman–Crippen LogP) is 0.152. The van der Waals surface area contributed by atoms with Crippen LogP contribution in [-0.2, 0) is 9.47 Å².